The lowest BCUT2D eigenvalue weighted by atomic mass is 10.4. The van der Waals surface area contributed by atoms with Crippen LogP contribution in [-0.2, 0) is 4.74 Å². The zero-order chi connectivity index (χ0) is 13.7. The molecule has 8 heteroatoms. The van der Waals surface area contributed by atoms with E-state index < -0.39 is 12.1 Å². The van der Waals surface area contributed by atoms with Gasteiger partial charge in [0.15, 0.2) is 5.82 Å². The van der Waals surface area contributed by atoms with E-state index in [0.717, 1.165) is 4.31 Å². The van der Waals surface area contributed by atoms with Crippen molar-refractivity contribution >= 4 is 30.8 Å². The first-order chi connectivity index (χ1) is 8.43. The first-order valence-corrected chi connectivity index (χ1v) is 5.63. The fourth-order valence-electron chi connectivity index (χ4n) is 1.22. The van der Waals surface area contributed by atoms with Crippen LogP contribution in [0.1, 0.15) is 18.4 Å². The number of urea groups is 1. The lowest BCUT2D eigenvalue weighted by Crippen LogP contribution is -2.39. The molecule has 0 fully saturated rings. The maximum absolute atomic E-state index is 11.6. The molecule has 1 aromatic heterocycles. The number of anilines is 1. The van der Waals surface area contributed by atoms with E-state index in [2.05, 4.69) is 27.5 Å². The Labute approximate surface area is 110 Å². The van der Waals surface area contributed by atoms with Crippen LogP contribution in [0.2, 0.25) is 0 Å². The fourth-order valence-corrected chi connectivity index (χ4v) is 1.37. The summed E-state index contributed by atoms with van der Waals surface area (Å²) in [7, 11) is 0. The van der Waals surface area contributed by atoms with E-state index in [0.29, 0.717) is 11.5 Å². The number of alkyl carbamates (subject to hydrolysis) is 1. The predicted molar refractivity (Wildman–Crippen MR) is 68.5 cm³/mol. The molecule has 1 aromatic rings. The van der Waals surface area contributed by atoms with E-state index in [9.17, 15) is 9.59 Å². The Morgan fingerprint density at radius 2 is 2.11 bits per heavy atom. The van der Waals surface area contributed by atoms with E-state index in [1.165, 1.54) is 0 Å². The molecule has 7 nitrogen and oxygen atoms in total. The molecule has 0 aliphatic rings. The smallest absolute Gasteiger partial charge is 0.415 e. The van der Waals surface area contributed by atoms with Gasteiger partial charge < -0.3 is 4.74 Å². The van der Waals surface area contributed by atoms with Crippen molar-refractivity contribution in [3.05, 3.63) is 17.6 Å². The van der Waals surface area contributed by atoms with E-state index >= 15 is 0 Å². The summed E-state index contributed by atoms with van der Waals surface area (Å²) in [4.78, 5) is 30.8. The van der Waals surface area contributed by atoms with Crippen molar-refractivity contribution in [2.75, 3.05) is 10.9 Å². The van der Waals surface area contributed by atoms with Crippen LogP contribution in [0.4, 0.5) is 15.4 Å². The molecule has 0 aromatic carbocycles. The van der Waals surface area contributed by atoms with Gasteiger partial charge in [-0.3, -0.25) is 0 Å². The minimum Gasteiger partial charge on any atom is -0.450 e. The number of aryl methyl sites for hydroxylation is 2. The number of aromatic nitrogens is 2. The first kappa shape index (κ1) is 14.2. The van der Waals surface area contributed by atoms with E-state index in [-0.39, 0.29) is 12.4 Å². The molecule has 0 radical (unpaired) electrons. The van der Waals surface area contributed by atoms with Crippen molar-refractivity contribution in [1.29, 1.82) is 0 Å². The number of nitrogens with one attached hydrogen (secondary N) is 1. The maximum atomic E-state index is 11.6. The summed E-state index contributed by atoms with van der Waals surface area (Å²) >= 11 is 3.98. The molecule has 0 saturated heterocycles. The first-order valence-electron chi connectivity index (χ1n) is 5.23. The zero-order valence-electron chi connectivity index (χ0n) is 10.3. The third-order valence-corrected chi connectivity index (χ3v) is 2.23. The third kappa shape index (κ3) is 3.88. The largest absolute Gasteiger partial charge is 0.450 e. The Balaban J connectivity index is 2.77. The van der Waals surface area contributed by atoms with Gasteiger partial charge in [0.2, 0.25) is 0 Å². The van der Waals surface area contributed by atoms with E-state index in [4.69, 9.17) is 0 Å². The quantitative estimate of drug-likeness (QED) is 0.798. The molecule has 1 N–H and O–H groups in total. The number of imide groups is 1. The summed E-state index contributed by atoms with van der Waals surface area (Å²) in [5.74, 6) is 0.790. The lowest BCUT2D eigenvalue weighted by molar-refractivity contribution is 0.154. The summed E-state index contributed by atoms with van der Waals surface area (Å²) in [6.45, 7) is 5.28. The predicted octanol–water partition coefficient (Wildman–Crippen LogP) is 1.61. The average Bonchev–Trinajstić information content (AvgIpc) is 2.26. The molecule has 18 heavy (non-hydrogen) atoms. The van der Waals surface area contributed by atoms with Gasteiger partial charge in [-0.05, 0) is 20.8 Å². The number of carbonyl (C=O) groups is 2. The molecule has 3 amide bonds. The van der Waals surface area contributed by atoms with Gasteiger partial charge >= 0.3 is 12.1 Å². The highest BCUT2D eigenvalue weighted by molar-refractivity contribution is 7.82. The van der Waals surface area contributed by atoms with Crippen molar-refractivity contribution < 1.29 is 14.3 Å². The molecule has 0 aliphatic carbocycles. The maximum Gasteiger partial charge on any atom is 0.415 e. The summed E-state index contributed by atoms with van der Waals surface area (Å²) in [5.41, 5.74) is 0.695. The zero-order valence-corrected chi connectivity index (χ0v) is 11.2. The van der Waals surface area contributed by atoms with Crippen molar-refractivity contribution in [3.63, 3.8) is 0 Å². The highest BCUT2D eigenvalue weighted by atomic mass is 32.1. The molecule has 0 saturated carbocycles. The van der Waals surface area contributed by atoms with Crippen LogP contribution in [-0.4, -0.2) is 28.7 Å². The average molecular weight is 270 g/mol. The SMILES string of the molecule is CCOC(=O)NC(=O)N(S)c1cc(C)nc(C)n1. The van der Waals surface area contributed by atoms with Gasteiger partial charge in [0.25, 0.3) is 0 Å². The van der Waals surface area contributed by atoms with Gasteiger partial charge in [0.05, 0.1) is 6.61 Å². The normalized spacial score (nSPS) is 9.78. The van der Waals surface area contributed by atoms with Crippen molar-refractivity contribution in [1.82, 2.24) is 15.3 Å². The summed E-state index contributed by atoms with van der Waals surface area (Å²) in [6.07, 6.45) is -0.830. The van der Waals surface area contributed by atoms with Gasteiger partial charge in [-0.1, -0.05) is 12.8 Å². The van der Waals surface area contributed by atoms with Crippen molar-refractivity contribution in [2.45, 2.75) is 20.8 Å². The molecule has 0 aliphatic heterocycles. The minimum absolute atomic E-state index is 0.178. The van der Waals surface area contributed by atoms with Crippen LogP contribution in [0.15, 0.2) is 6.07 Å². The van der Waals surface area contributed by atoms with Gasteiger partial charge in [0, 0.05) is 11.8 Å². The Morgan fingerprint density at radius 1 is 1.44 bits per heavy atom. The van der Waals surface area contributed by atoms with Gasteiger partial charge in [-0.25, -0.2) is 29.2 Å². The number of thiol groups is 1. The Kier molecular flexibility index (Phi) is 4.90. The molecule has 0 spiro atoms. The number of ether oxygens (including phenoxy) is 1. The molecule has 0 atom stereocenters. The van der Waals surface area contributed by atoms with Gasteiger partial charge in [-0.15, -0.1) is 0 Å². The Morgan fingerprint density at radius 3 is 2.67 bits per heavy atom. The Hall–Kier alpha value is -1.83. The number of amides is 3. The van der Waals surface area contributed by atoms with Crippen LogP contribution in [0.25, 0.3) is 0 Å². The van der Waals surface area contributed by atoms with Crippen LogP contribution >= 0.6 is 12.8 Å². The second-order valence-corrected chi connectivity index (χ2v) is 3.78. The molecule has 1 rings (SSSR count). The molecule has 0 bridgehead atoms. The van der Waals surface area contributed by atoms with Crippen LogP contribution in [0.5, 0.6) is 0 Å². The minimum atomic E-state index is -0.830. The van der Waals surface area contributed by atoms with Crippen LogP contribution < -0.4 is 9.62 Å². The number of carbonyl (C=O) groups excluding carboxylic acids is 2. The third-order valence-electron chi connectivity index (χ3n) is 1.85. The topological polar surface area (TPSA) is 84.4 Å². The summed E-state index contributed by atoms with van der Waals surface area (Å²) in [5, 5.41) is 2.01. The van der Waals surface area contributed by atoms with Gasteiger partial charge in [0.1, 0.15) is 5.82 Å². The highest BCUT2D eigenvalue weighted by Crippen LogP contribution is 2.14. The van der Waals surface area contributed by atoms with Crippen molar-refractivity contribution in [3.8, 4) is 0 Å². The second kappa shape index (κ2) is 6.20. The lowest BCUT2D eigenvalue weighted by Gasteiger charge is -2.15. The highest BCUT2D eigenvalue weighted by Gasteiger charge is 2.17. The standard InChI is InChI=1S/C10H14N4O3S/c1-4-17-10(16)13-9(15)14(18)8-5-6(2)11-7(3)12-8/h5,18H,4H2,1-3H3,(H,13,15,16). The molecular formula is C10H14N4O3S. The molecular weight excluding hydrogens is 256 g/mol. The number of nitrogens with zero attached hydrogens (tertiary/aromatic N) is 3. The Bertz CT molecular complexity index is 446. The van der Waals surface area contributed by atoms with Crippen molar-refractivity contribution in [2.24, 2.45) is 0 Å². The molecule has 1 heterocycles. The number of hydrogen-bond acceptors (Lipinski definition) is 6. The monoisotopic (exact) mass is 270 g/mol. The number of hydrogen-bond donors (Lipinski definition) is 2. The summed E-state index contributed by atoms with van der Waals surface area (Å²) in [6, 6.07) is 0.833. The fraction of sp³-hybridized carbons (Fsp3) is 0.400. The second-order valence-electron chi connectivity index (χ2n) is 3.38. The van der Waals surface area contributed by atoms with E-state index in [1.807, 2.05) is 5.32 Å². The molecule has 0 unspecified atom stereocenters. The van der Waals surface area contributed by atoms with Gasteiger partial charge in [-0.2, -0.15) is 0 Å². The summed E-state index contributed by atoms with van der Waals surface area (Å²) < 4.78 is 5.50. The number of rotatable bonds is 2. The molecule has 98 valence electrons. The van der Waals surface area contributed by atoms with E-state index in [1.54, 1.807) is 26.8 Å². The van der Waals surface area contributed by atoms with Crippen LogP contribution in [0, 0.1) is 13.8 Å². The van der Waals surface area contributed by atoms with Crippen LogP contribution in [0.3, 0.4) is 0 Å².